The first-order valence-corrected chi connectivity index (χ1v) is 12.2. The van der Waals surface area contributed by atoms with Crippen LogP contribution in [0, 0.1) is 6.92 Å². The summed E-state index contributed by atoms with van der Waals surface area (Å²) in [7, 11) is 1.64. The van der Waals surface area contributed by atoms with Gasteiger partial charge in [0, 0.05) is 25.4 Å². The van der Waals surface area contributed by atoms with Crippen molar-refractivity contribution in [1.29, 1.82) is 0 Å². The Morgan fingerprint density at radius 1 is 1.00 bits per heavy atom. The number of methoxy groups -OCH3 is 1. The molecule has 1 saturated heterocycles. The molecule has 1 amide bonds. The number of ether oxygens (including phenoxy) is 2. The van der Waals surface area contributed by atoms with Crippen LogP contribution in [-0.4, -0.2) is 35.7 Å². The van der Waals surface area contributed by atoms with Crippen LogP contribution >= 0.6 is 0 Å². The van der Waals surface area contributed by atoms with Crippen LogP contribution in [0.4, 0.5) is 5.69 Å². The third kappa shape index (κ3) is 4.87. The van der Waals surface area contributed by atoms with Crippen molar-refractivity contribution in [2.24, 2.45) is 0 Å². The van der Waals surface area contributed by atoms with Gasteiger partial charge in [0.25, 0.3) is 0 Å². The minimum Gasteiger partial charge on any atom is -0.495 e. The minimum atomic E-state index is 0.0309. The third-order valence-corrected chi connectivity index (χ3v) is 6.58. The fourth-order valence-corrected chi connectivity index (χ4v) is 4.87. The first-order valence-electron chi connectivity index (χ1n) is 12.2. The highest BCUT2D eigenvalue weighted by atomic mass is 16.5. The Balaban J connectivity index is 1.31. The van der Waals surface area contributed by atoms with Gasteiger partial charge in [-0.25, -0.2) is 4.98 Å². The van der Waals surface area contributed by atoms with E-state index >= 15 is 0 Å². The highest BCUT2D eigenvalue weighted by Crippen LogP contribution is 2.37. The van der Waals surface area contributed by atoms with Gasteiger partial charge in [-0.15, -0.1) is 0 Å². The number of imidazole rings is 1. The average molecular weight is 470 g/mol. The predicted molar refractivity (Wildman–Crippen MR) is 138 cm³/mol. The first-order chi connectivity index (χ1) is 17.1. The van der Waals surface area contributed by atoms with Crippen LogP contribution in [0.3, 0.4) is 0 Å². The molecular weight excluding hydrogens is 438 g/mol. The van der Waals surface area contributed by atoms with E-state index in [9.17, 15) is 4.79 Å². The summed E-state index contributed by atoms with van der Waals surface area (Å²) in [6, 6.07) is 24.1. The molecule has 0 aliphatic carbocycles. The number of nitrogens with zero attached hydrogens (tertiary/aromatic N) is 3. The standard InChI is InChI=1S/C29H31N3O3/c1-21-10-9-11-23(18-21)35-17-8-7-16-31-25-13-4-3-12-24(25)30-29(31)22-19-28(33)32(20-22)26-14-5-6-15-27(26)34-2/h3-6,9-15,18,22H,7-8,16-17,19-20H2,1-2H3/t22-/m1/s1. The van der Waals surface area contributed by atoms with Gasteiger partial charge in [-0.05, 0) is 61.7 Å². The van der Waals surface area contributed by atoms with Crippen LogP contribution in [0.1, 0.15) is 36.6 Å². The summed E-state index contributed by atoms with van der Waals surface area (Å²) in [4.78, 5) is 19.8. The number of para-hydroxylation sites is 4. The maximum absolute atomic E-state index is 13.0. The number of aryl methyl sites for hydroxylation is 2. The number of unbranched alkanes of at least 4 members (excludes halogenated alkanes) is 1. The molecule has 0 saturated carbocycles. The van der Waals surface area contributed by atoms with E-state index in [2.05, 4.69) is 29.7 Å². The van der Waals surface area contributed by atoms with Gasteiger partial charge in [-0.3, -0.25) is 4.79 Å². The van der Waals surface area contributed by atoms with Crippen LogP contribution in [0.2, 0.25) is 0 Å². The molecule has 1 fully saturated rings. The van der Waals surface area contributed by atoms with E-state index in [4.69, 9.17) is 14.5 Å². The Labute approximate surface area is 206 Å². The van der Waals surface area contributed by atoms with Crippen molar-refractivity contribution in [3.05, 3.63) is 84.2 Å². The zero-order valence-corrected chi connectivity index (χ0v) is 20.3. The van der Waals surface area contributed by atoms with E-state index < -0.39 is 0 Å². The Hall–Kier alpha value is -3.80. The molecule has 3 aromatic carbocycles. The summed E-state index contributed by atoms with van der Waals surface area (Å²) in [5.41, 5.74) is 4.11. The second-order valence-electron chi connectivity index (χ2n) is 9.06. The minimum absolute atomic E-state index is 0.0309. The Morgan fingerprint density at radius 2 is 1.83 bits per heavy atom. The molecule has 1 aliphatic heterocycles. The van der Waals surface area contributed by atoms with Gasteiger partial charge in [0.15, 0.2) is 0 Å². The second kappa shape index (κ2) is 10.2. The van der Waals surface area contributed by atoms with Crippen LogP contribution in [0.25, 0.3) is 11.0 Å². The largest absolute Gasteiger partial charge is 0.495 e. The molecular formula is C29H31N3O3. The first kappa shape index (κ1) is 23.0. The van der Waals surface area contributed by atoms with Gasteiger partial charge < -0.3 is 18.9 Å². The summed E-state index contributed by atoms with van der Waals surface area (Å²) in [6.07, 6.45) is 2.35. The highest BCUT2D eigenvalue weighted by Gasteiger charge is 2.35. The smallest absolute Gasteiger partial charge is 0.227 e. The molecule has 180 valence electrons. The highest BCUT2D eigenvalue weighted by molar-refractivity contribution is 5.97. The van der Waals surface area contributed by atoms with Crippen molar-refractivity contribution >= 4 is 22.6 Å². The Morgan fingerprint density at radius 3 is 2.69 bits per heavy atom. The molecule has 0 bridgehead atoms. The molecule has 1 atom stereocenters. The zero-order chi connectivity index (χ0) is 24.2. The van der Waals surface area contributed by atoms with E-state index in [0.29, 0.717) is 25.3 Å². The van der Waals surface area contributed by atoms with Crippen molar-refractivity contribution in [1.82, 2.24) is 9.55 Å². The van der Waals surface area contributed by atoms with Crippen LogP contribution < -0.4 is 14.4 Å². The molecule has 0 unspecified atom stereocenters. The molecule has 2 heterocycles. The number of carbonyl (C=O) groups excluding carboxylic acids is 1. The van der Waals surface area contributed by atoms with Gasteiger partial charge in [0.1, 0.15) is 17.3 Å². The molecule has 0 spiro atoms. The Kier molecular flexibility index (Phi) is 6.70. The molecule has 1 aliphatic rings. The fraction of sp³-hybridized carbons (Fsp3) is 0.310. The molecule has 0 N–H and O–H groups in total. The molecule has 35 heavy (non-hydrogen) atoms. The number of anilines is 1. The number of aromatic nitrogens is 2. The van der Waals surface area contributed by atoms with E-state index in [0.717, 1.165) is 47.7 Å². The monoisotopic (exact) mass is 469 g/mol. The van der Waals surface area contributed by atoms with E-state index in [1.165, 1.54) is 5.56 Å². The van der Waals surface area contributed by atoms with E-state index in [1.54, 1.807) is 7.11 Å². The molecule has 1 aromatic heterocycles. The summed E-state index contributed by atoms with van der Waals surface area (Å²) >= 11 is 0. The van der Waals surface area contributed by atoms with E-state index in [-0.39, 0.29) is 11.8 Å². The molecule has 0 radical (unpaired) electrons. The second-order valence-corrected chi connectivity index (χ2v) is 9.06. The SMILES string of the molecule is COc1ccccc1N1C[C@H](c2nc3ccccc3n2CCCCOc2cccc(C)c2)CC1=O. The van der Waals surface area contributed by atoms with Crippen molar-refractivity contribution in [3.63, 3.8) is 0 Å². The topological polar surface area (TPSA) is 56.6 Å². The number of hydrogen-bond donors (Lipinski definition) is 0. The fourth-order valence-electron chi connectivity index (χ4n) is 4.87. The van der Waals surface area contributed by atoms with Gasteiger partial charge in [-0.1, -0.05) is 36.4 Å². The van der Waals surface area contributed by atoms with Crippen molar-refractivity contribution in [2.45, 2.75) is 38.6 Å². The van der Waals surface area contributed by atoms with Gasteiger partial charge in [0.05, 0.1) is 30.4 Å². The lowest BCUT2D eigenvalue weighted by Crippen LogP contribution is -2.25. The zero-order valence-electron chi connectivity index (χ0n) is 20.3. The lowest BCUT2D eigenvalue weighted by molar-refractivity contribution is -0.117. The summed E-state index contributed by atoms with van der Waals surface area (Å²) in [5.74, 6) is 2.74. The van der Waals surface area contributed by atoms with Gasteiger partial charge >= 0.3 is 0 Å². The van der Waals surface area contributed by atoms with Gasteiger partial charge in [0.2, 0.25) is 5.91 Å². The number of amides is 1. The normalized spacial score (nSPS) is 15.7. The van der Waals surface area contributed by atoms with Crippen molar-refractivity contribution in [3.8, 4) is 11.5 Å². The maximum atomic E-state index is 13.0. The van der Waals surface area contributed by atoms with Crippen LogP contribution in [0.15, 0.2) is 72.8 Å². The molecule has 5 rings (SSSR count). The third-order valence-electron chi connectivity index (χ3n) is 6.58. The molecule has 6 heteroatoms. The number of carbonyl (C=O) groups is 1. The van der Waals surface area contributed by atoms with Crippen molar-refractivity contribution < 1.29 is 14.3 Å². The quantitative estimate of drug-likeness (QED) is 0.294. The predicted octanol–water partition coefficient (Wildman–Crippen LogP) is 5.73. The lowest BCUT2D eigenvalue weighted by atomic mass is 10.1. The Bertz CT molecular complexity index is 1330. The lowest BCUT2D eigenvalue weighted by Gasteiger charge is -2.19. The number of benzene rings is 3. The number of fused-ring (bicyclic) bond motifs is 1. The summed E-state index contributed by atoms with van der Waals surface area (Å²) in [6.45, 7) is 4.18. The van der Waals surface area contributed by atoms with Crippen LogP contribution in [0.5, 0.6) is 11.5 Å². The van der Waals surface area contributed by atoms with Gasteiger partial charge in [-0.2, -0.15) is 0 Å². The van der Waals surface area contributed by atoms with E-state index in [1.807, 2.05) is 59.5 Å². The number of rotatable bonds is 9. The number of hydrogen-bond acceptors (Lipinski definition) is 4. The summed E-state index contributed by atoms with van der Waals surface area (Å²) in [5, 5.41) is 0. The maximum Gasteiger partial charge on any atom is 0.227 e. The average Bonchev–Trinajstić information content (AvgIpc) is 3.44. The summed E-state index contributed by atoms with van der Waals surface area (Å²) < 4.78 is 13.7. The van der Waals surface area contributed by atoms with Crippen molar-refractivity contribution in [2.75, 3.05) is 25.2 Å². The molecule has 6 nitrogen and oxygen atoms in total. The molecule has 4 aromatic rings. The van der Waals surface area contributed by atoms with Crippen LogP contribution in [-0.2, 0) is 11.3 Å².